The number of rotatable bonds is 3. The molecule has 0 saturated carbocycles. The Labute approximate surface area is 309 Å². The first-order chi connectivity index (χ1) is 26.1. The molecule has 3 unspecified atom stereocenters. The van der Waals surface area contributed by atoms with Crippen LogP contribution in [0.5, 0.6) is 0 Å². The van der Waals surface area contributed by atoms with Crippen LogP contribution in [-0.4, -0.2) is 9.97 Å². The van der Waals surface area contributed by atoms with E-state index in [9.17, 15) is 0 Å². The molecule has 2 bridgehead atoms. The molecule has 3 aliphatic carbocycles. The van der Waals surface area contributed by atoms with Crippen molar-refractivity contribution in [1.82, 2.24) is 9.97 Å². The molecule has 11 rings (SSSR count). The molecule has 7 aromatic carbocycles. The average Bonchev–Trinajstić information content (AvgIpc) is 3.38. The molecular weight excluding hydrogens is 641 g/mol. The van der Waals surface area contributed by atoms with Gasteiger partial charge in [0.15, 0.2) is 5.82 Å². The van der Waals surface area contributed by atoms with Gasteiger partial charge in [-0.3, -0.25) is 0 Å². The summed E-state index contributed by atoms with van der Waals surface area (Å²) in [7, 11) is 0. The Morgan fingerprint density at radius 1 is 0.528 bits per heavy atom. The van der Waals surface area contributed by atoms with Gasteiger partial charge in [-0.05, 0) is 73.3 Å². The molecule has 1 spiro atoms. The molecule has 0 radical (unpaired) electrons. The largest absolute Gasteiger partial charge is 0.231 e. The van der Waals surface area contributed by atoms with E-state index >= 15 is 0 Å². The van der Waals surface area contributed by atoms with Crippen LogP contribution < -0.4 is 0 Å². The van der Waals surface area contributed by atoms with Crippen molar-refractivity contribution in [2.24, 2.45) is 5.92 Å². The van der Waals surface area contributed by atoms with Crippen LogP contribution in [0.15, 0.2) is 182 Å². The third-order valence-electron chi connectivity index (χ3n) is 12.3. The number of hydrogen-bond donors (Lipinski definition) is 0. The summed E-state index contributed by atoms with van der Waals surface area (Å²) >= 11 is 0. The first-order valence-electron chi connectivity index (χ1n) is 18.7. The highest BCUT2D eigenvalue weighted by Crippen LogP contribution is 2.64. The lowest BCUT2D eigenvalue weighted by Crippen LogP contribution is -2.45. The first-order valence-corrected chi connectivity index (χ1v) is 18.7. The number of aromatic nitrogens is 2. The lowest BCUT2D eigenvalue weighted by molar-refractivity contribution is 0.319. The summed E-state index contributed by atoms with van der Waals surface area (Å²) in [5.74, 6) is 0.948. The molecule has 0 saturated heterocycles. The van der Waals surface area contributed by atoms with Gasteiger partial charge in [0.1, 0.15) is 0 Å². The summed E-state index contributed by atoms with van der Waals surface area (Å²) < 4.78 is 0. The molecule has 0 N–H and O–H groups in total. The fraction of sp³-hybridized carbons (Fsp3) is 0.0980. The normalized spacial score (nSPS) is 20.7. The zero-order valence-electron chi connectivity index (χ0n) is 29.5. The van der Waals surface area contributed by atoms with Gasteiger partial charge in [0.2, 0.25) is 0 Å². The van der Waals surface area contributed by atoms with Gasteiger partial charge in [-0.2, -0.15) is 0 Å². The summed E-state index contributed by atoms with van der Waals surface area (Å²) in [6.07, 6.45) is 10.4. The molecule has 0 fully saturated rings. The lowest BCUT2D eigenvalue weighted by atomic mass is 9.54. The second kappa shape index (κ2) is 11.3. The van der Waals surface area contributed by atoms with E-state index in [1.165, 1.54) is 54.9 Å². The van der Waals surface area contributed by atoms with Gasteiger partial charge >= 0.3 is 0 Å². The SMILES string of the molecule is CC12C=CC=CC(C1)C1(c3ccccc3-c3c(-c4cccc5ccccc45)nc(-c4ccc(-c5ccc6ccccc6c5)cc4)nc31)c1ccccc12. The number of fused-ring (bicyclic) bond motifs is 13. The highest BCUT2D eigenvalue weighted by molar-refractivity contribution is 6.02. The van der Waals surface area contributed by atoms with E-state index in [0.29, 0.717) is 0 Å². The maximum atomic E-state index is 5.76. The minimum atomic E-state index is -0.480. The predicted molar refractivity (Wildman–Crippen MR) is 219 cm³/mol. The average molecular weight is 677 g/mol. The zero-order chi connectivity index (χ0) is 35.1. The fourth-order valence-corrected chi connectivity index (χ4v) is 9.84. The van der Waals surface area contributed by atoms with E-state index in [4.69, 9.17) is 9.97 Å². The van der Waals surface area contributed by atoms with Crippen molar-refractivity contribution in [3.63, 3.8) is 0 Å². The molecule has 1 aromatic heterocycles. The number of nitrogens with zero attached hydrogens (tertiary/aromatic N) is 2. The van der Waals surface area contributed by atoms with Crippen LogP contribution in [0.1, 0.15) is 35.7 Å². The van der Waals surface area contributed by atoms with Crippen molar-refractivity contribution < 1.29 is 0 Å². The standard InChI is InChI=1S/C51H36N2/c1-50-30-11-10-17-39(32-50)51(45-23-9-8-22-44(45)50)43-21-7-6-19-42(43)46-47(41-20-12-16-35-14-4-5-18-40(35)41)52-49(53-48(46)51)36-27-24-34(25-28-36)38-29-26-33-13-2-3-15-37(33)31-38/h2-31,39H,32H2,1H3. The maximum Gasteiger partial charge on any atom is 0.160 e. The third kappa shape index (κ3) is 4.33. The van der Waals surface area contributed by atoms with Crippen LogP contribution in [-0.2, 0) is 10.8 Å². The van der Waals surface area contributed by atoms with Crippen LogP contribution in [0.25, 0.3) is 66.4 Å². The molecule has 250 valence electrons. The lowest BCUT2D eigenvalue weighted by Gasteiger charge is -2.48. The Kier molecular flexibility index (Phi) is 6.46. The van der Waals surface area contributed by atoms with Crippen LogP contribution >= 0.6 is 0 Å². The first kappa shape index (κ1) is 30.3. The molecule has 0 amide bonds. The number of allylic oxidation sites excluding steroid dienone is 4. The smallest absolute Gasteiger partial charge is 0.160 e. The van der Waals surface area contributed by atoms with Gasteiger partial charge in [-0.1, -0.05) is 183 Å². The van der Waals surface area contributed by atoms with E-state index < -0.39 is 5.41 Å². The minimum absolute atomic E-state index is 0.0827. The Balaban J connectivity index is 1.20. The molecule has 2 nitrogen and oxygen atoms in total. The molecule has 3 atom stereocenters. The van der Waals surface area contributed by atoms with E-state index in [1.54, 1.807) is 0 Å². The molecule has 0 aliphatic heterocycles. The molecule has 53 heavy (non-hydrogen) atoms. The van der Waals surface area contributed by atoms with Crippen molar-refractivity contribution in [2.45, 2.75) is 24.2 Å². The van der Waals surface area contributed by atoms with Gasteiger partial charge in [-0.15, -0.1) is 0 Å². The summed E-state index contributed by atoms with van der Waals surface area (Å²) in [6.45, 7) is 2.40. The highest BCUT2D eigenvalue weighted by Gasteiger charge is 2.57. The van der Waals surface area contributed by atoms with Crippen molar-refractivity contribution in [2.75, 3.05) is 0 Å². The van der Waals surface area contributed by atoms with Crippen LogP contribution in [0, 0.1) is 5.92 Å². The molecule has 8 aromatic rings. The summed E-state index contributed by atoms with van der Waals surface area (Å²) in [5, 5.41) is 4.89. The summed E-state index contributed by atoms with van der Waals surface area (Å²) in [4.78, 5) is 11.3. The third-order valence-corrected chi connectivity index (χ3v) is 12.3. The van der Waals surface area contributed by atoms with Gasteiger partial charge in [0.25, 0.3) is 0 Å². The highest BCUT2D eigenvalue weighted by atomic mass is 14.9. The molecule has 1 heterocycles. The Bertz CT molecular complexity index is 2840. The Hall–Kier alpha value is -6.38. The molecule has 2 heteroatoms. The minimum Gasteiger partial charge on any atom is -0.231 e. The van der Waals surface area contributed by atoms with Crippen molar-refractivity contribution in [3.05, 3.63) is 204 Å². The van der Waals surface area contributed by atoms with Gasteiger partial charge in [0.05, 0.1) is 16.8 Å². The summed E-state index contributed by atoms with van der Waals surface area (Å²) in [5.41, 5.74) is 12.5. The summed E-state index contributed by atoms with van der Waals surface area (Å²) in [6, 6.07) is 57.6. The van der Waals surface area contributed by atoms with E-state index in [-0.39, 0.29) is 11.3 Å². The van der Waals surface area contributed by atoms with Crippen molar-refractivity contribution >= 4 is 21.5 Å². The van der Waals surface area contributed by atoms with Gasteiger partial charge in [0, 0.05) is 22.1 Å². The number of hydrogen-bond acceptors (Lipinski definition) is 2. The quantitative estimate of drug-likeness (QED) is 0.186. The maximum absolute atomic E-state index is 5.76. The Morgan fingerprint density at radius 3 is 2.06 bits per heavy atom. The number of benzene rings is 7. The second-order valence-corrected chi connectivity index (χ2v) is 15.2. The van der Waals surface area contributed by atoms with E-state index in [1.807, 2.05) is 0 Å². The van der Waals surface area contributed by atoms with Crippen LogP contribution in [0.2, 0.25) is 0 Å². The Morgan fingerprint density at radius 2 is 1.19 bits per heavy atom. The van der Waals surface area contributed by atoms with E-state index in [0.717, 1.165) is 40.3 Å². The van der Waals surface area contributed by atoms with Crippen LogP contribution in [0.4, 0.5) is 0 Å². The predicted octanol–water partition coefficient (Wildman–Crippen LogP) is 12.5. The molecule has 3 aliphatic rings. The topological polar surface area (TPSA) is 25.8 Å². The van der Waals surface area contributed by atoms with Gasteiger partial charge in [-0.25, -0.2) is 9.97 Å². The zero-order valence-corrected chi connectivity index (χ0v) is 29.5. The fourth-order valence-electron chi connectivity index (χ4n) is 9.84. The van der Waals surface area contributed by atoms with Crippen molar-refractivity contribution in [3.8, 4) is 44.9 Å². The van der Waals surface area contributed by atoms with Crippen LogP contribution in [0.3, 0.4) is 0 Å². The van der Waals surface area contributed by atoms with Crippen molar-refractivity contribution in [1.29, 1.82) is 0 Å². The molecular formula is C51H36N2. The monoisotopic (exact) mass is 676 g/mol. The second-order valence-electron chi connectivity index (χ2n) is 15.2. The van der Waals surface area contributed by atoms with E-state index in [2.05, 4.69) is 189 Å². The van der Waals surface area contributed by atoms with Gasteiger partial charge < -0.3 is 0 Å².